The number of rotatable bonds is 4. The molecular formula is C20H26N4O. The van der Waals surface area contributed by atoms with Gasteiger partial charge in [-0.25, -0.2) is 0 Å². The summed E-state index contributed by atoms with van der Waals surface area (Å²) >= 11 is 0. The van der Waals surface area contributed by atoms with Gasteiger partial charge >= 0.3 is 0 Å². The summed E-state index contributed by atoms with van der Waals surface area (Å²) < 4.78 is 5.58. The fourth-order valence-corrected chi connectivity index (χ4v) is 7.04. The van der Waals surface area contributed by atoms with Crippen molar-refractivity contribution in [2.45, 2.75) is 56.9 Å². The molecule has 2 aromatic heterocycles. The molecule has 4 aliphatic carbocycles. The summed E-state index contributed by atoms with van der Waals surface area (Å²) in [6.07, 6.45) is 12.0. The van der Waals surface area contributed by atoms with Crippen molar-refractivity contribution >= 4 is 0 Å². The third-order valence-corrected chi connectivity index (χ3v) is 7.22. The number of pyridine rings is 1. The van der Waals surface area contributed by atoms with Crippen LogP contribution in [-0.4, -0.2) is 21.2 Å². The third kappa shape index (κ3) is 2.28. The zero-order valence-corrected chi connectivity index (χ0v) is 14.7. The molecule has 5 heteroatoms. The normalized spacial score (nSPS) is 38.6. The molecule has 5 atom stereocenters. The van der Waals surface area contributed by atoms with E-state index in [1.807, 2.05) is 12.4 Å². The van der Waals surface area contributed by atoms with Crippen LogP contribution < -0.4 is 5.73 Å². The number of nitrogens with two attached hydrogens (primary N) is 1. The predicted octanol–water partition coefficient (Wildman–Crippen LogP) is 3.51. The van der Waals surface area contributed by atoms with Crippen LogP contribution in [-0.2, 0) is 0 Å². The summed E-state index contributed by atoms with van der Waals surface area (Å²) in [5, 5.41) is 3.90. The fourth-order valence-electron chi connectivity index (χ4n) is 7.04. The first-order valence-corrected chi connectivity index (χ1v) is 9.59. The van der Waals surface area contributed by atoms with Crippen LogP contribution in [0, 0.1) is 23.2 Å². The van der Waals surface area contributed by atoms with E-state index in [4.69, 9.17) is 10.3 Å². The first kappa shape index (κ1) is 15.5. The lowest BCUT2D eigenvalue weighted by atomic mass is 9.40. The maximum atomic E-state index is 6.55. The average Bonchev–Trinajstić information content (AvgIpc) is 3.08. The fraction of sp³-hybridized carbons (Fsp3) is 0.650. The minimum absolute atomic E-state index is 0.000960. The minimum Gasteiger partial charge on any atom is -0.339 e. The molecule has 5 nitrogen and oxygen atoms in total. The summed E-state index contributed by atoms with van der Waals surface area (Å²) in [6.45, 7) is 2.11. The lowest BCUT2D eigenvalue weighted by molar-refractivity contribution is -0.0988. The SMILES string of the molecule is CC(N)[C@@H](c1ncno1)C12CC3CC(CC(C3)C1c1ccncc1)C2. The van der Waals surface area contributed by atoms with Gasteiger partial charge in [0.1, 0.15) is 0 Å². The van der Waals surface area contributed by atoms with Crippen molar-refractivity contribution in [1.29, 1.82) is 0 Å². The molecule has 4 bridgehead atoms. The highest BCUT2D eigenvalue weighted by Gasteiger charge is 2.61. The van der Waals surface area contributed by atoms with E-state index in [2.05, 4.69) is 34.2 Å². The second kappa shape index (κ2) is 5.63. The molecule has 4 aliphatic rings. The highest BCUT2D eigenvalue weighted by molar-refractivity contribution is 5.29. The maximum Gasteiger partial charge on any atom is 0.231 e. The largest absolute Gasteiger partial charge is 0.339 e. The van der Waals surface area contributed by atoms with E-state index < -0.39 is 0 Å². The van der Waals surface area contributed by atoms with Crippen LogP contribution in [0.5, 0.6) is 0 Å². The summed E-state index contributed by atoms with van der Waals surface area (Å²) in [4.78, 5) is 8.70. The molecule has 2 aromatic rings. The molecule has 0 aliphatic heterocycles. The van der Waals surface area contributed by atoms with E-state index in [0.717, 1.165) is 23.6 Å². The van der Waals surface area contributed by atoms with Gasteiger partial charge in [0.25, 0.3) is 0 Å². The molecule has 25 heavy (non-hydrogen) atoms. The Balaban J connectivity index is 1.66. The Bertz CT molecular complexity index is 715. The van der Waals surface area contributed by atoms with E-state index in [1.54, 1.807) is 0 Å². The number of hydrogen-bond donors (Lipinski definition) is 1. The molecule has 4 fully saturated rings. The molecular weight excluding hydrogens is 312 g/mol. The van der Waals surface area contributed by atoms with Crippen molar-refractivity contribution in [1.82, 2.24) is 15.1 Å². The Kier molecular flexibility index (Phi) is 3.49. The van der Waals surface area contributed by atoms with Crippen molar-refractivity contribution < 1.29 is 4.52 Å². The van der Waals surface area contributed by atoms with Gasteiger partial charge in [-0.1, -0.05) is 5.16 Å². The van der Waals surface area contributed by atoms with Crippen molar-refractivity contribution in [2.24, 2.45) is 28.9 Å². The van der Waals surface area contributed by atoms with E-state index in [-0.39, 0.29) is 17.4 Å². The zero-order valence-electron chi connectivity index (χ0n) is 14.7. The molecule has 4 saturated carbocycles. The van der Waals surface area contributed by atoms with Crippen LogP contribution in [0.2, 0.25) is 0 Å². The molecule has 4 unspecified atom stereocenters. The Labute approximate surface area is 148 Å². The molecule has 2 heterocycles. The standard InChI is InChI=1S/C20H26N4O/c1-12(21)17(19-23-11-24-25-19)20-9-13-6-14(10-20)8-16(7-13)18(20)15-2-4-22-5-3-15/h2-5,11-14,16-18H,6-10,21H2,1H3/t12?,13?,14?,16?,17-,18?,20?/m0/s1. The topological polar surface area (TPSA) is 77.8 Å². The molecule has 132 valence electrons. The van der Waals surface area contributed by atoms with Gasteiger partial charge in [-0.05, 0) is 85.8 Å². The Morgan fingerprint density at radius 1 is 1.16 bits per heavy atom. The lowest BCUT2D eigenvalue weighted by Gasteiger charge is -2.64. The van der Waals surface area contributed by atoms with Gasteiger partial charge < -0.3 is 10.3 Å². The van der Waals surface area contributed by atoms with Crippen LogP contribution in [0.25, 0.3) is 0 Å². The molecule has 0 amide bonds. The third-order valence-electron chi connectivity index (χ3n) is 7.22. The second-order valence-electron chi connectivity index (χ2n) is 8.72. The summed E-state index contributed by atoms with van der Waals surface area (Å²) in [5.74, 6) is 3.79. The van der Waals surface area contributed by atoms with E-state index in [0.29, 0.717) is 5.92 Å². The first-order valence-electron chi connectivity index (χ1n) is 9.59. The smallest absolute Gasteiger partial charge is 0.231 e. The van der Waals surface area contributed by atoms with Crippen LogP contribution in [0.3, 0.4) is 0 Å². The average molecular weight is 338 g/mol. The van der Waals surface area contributed by atoms with Crippen LogP contribution in [0.1, 0.15) is 62.3 Å². The maximum absolute atomic E-state index is 6.55. The lowest BCUT2D eigenvalue weighted by Crippen LogP contribution is -2.56. The predicted molar refractivity (Wildman–Crippen MR) is 93.7 cm³/mol. The summed E-state index contributed by atoms with van der Waals surface area (Å²) in [7, 11) is 0. The molecule has 2 N–H and O–H groups in total. The van der Waals surface area contributed by atoms with Gasteiger partial charge in [-0.3, -0.25) is 4.98 Å². The quantitative estimate of drug-likeness (QED) is 0.923. The van der Waals surface area contributed by atoms with Gasteiger partial charge in [-0.2, -0.15) is 4.98 Å². The van der Waals surface area contributed by atoms with Crippen molar-refractivity contribution in [2.75, 3.05) is 0 Å². The molecule has 6 rings (SSSR count). The van der Waals surface area contributed by atoms with Gasteiger partial charge in [-0.15, -0.1) is 0 Å². The second-order valence-corrected chi connectivity index (χ2v) is 8.72. The minimum atomic E-state index is 0.000960. The van der Waals surface area contributed by atoms with E-state index in [9.17, 15) is 0 Å². The zero-order chi connectivity index (χ0) is 17.0. The summed E-state index contributed by atoms with van der Waals surface area (Å²) in [5.41, 5.74) is 8.11. The van der Waals surface area contributed by atoms with Crippen molar-refractivity contribution in [3.05, 3.63) is 42.3 Å². The van der Waals surface area contributed by atoms with Crippen LogP contribution in [0.15, 0.2) is 35.4 Å². The molecule has 0 saturated heterocycles. The van der Waals surface area contributed by atoms with E-state index in [1.165, 1.54) is 44.0 Å². The van der Waals surface area contributed by atoms with Crippen LogP contribution in [0.4, 0.5) is 0 Å². The van der Waals surface area contributed by atoms with Gasteiger partial charge in [0.05, 0.1) is 5.92 Å². The van der Waals surface area contributed by atoms with Gasteiger partial charge in [0.15, 0.2) is 6.33 Å². The number of nitrogens with zero attached hydrogens (tertiary/aromatic N) is 3. The Hall–Kier alpha value is -1.75. The Morgan fingerprint density at radius 3 is 2.48 bits per heavy atom. The molecule has 0 aromatic carbocycles. The first-order chi connectivity index (χ1) is 12.2. The molecule has 0 spiro atoms. The highest BCUT2D eigenvalue weighted by Crippen LogP contribution is 2.70. The van der Waals surface area contributed by atoms with Crippen molar-refractivity contribution in [3.8, 4) is 0 Å². The Morgan fingerprint density at radius 2 is 1.88 bits per heavy atom. The van der Waals surface area contributed by atoms with Gasteiger partial charge in [0.2, 0.25) is 5.89 Å². The molecule has 0 radical (unpaired) electrons. The van der Waals surface area contributed by atoms with Gasteiger partial charge in [0, 0.05) is 18.4 Å². The number of hydrogen-bond acceptors (Lipinski definition) is 5. The van der Waals surface area contributed by atoms with Crippen molar-refractivity contribution in [3.63, 3.8) is 0 Å². The monoisotopic (exact) mass is 338 g/mol. The number of aromatic nitrogens is 3. The highest BCUT2D eigenvalue weighted by atomic mass is 16.5. The summed E-state index contributed by atoms with van der Waals surface area (Å²) in [6, 6.07) is 4.42. The van der Waals surface area contributed by atoms with E-state index >= 15 is 0 Å². The van der Waals surface area contributed by atoms with Crippen LogP contribution >= 0.6 is 0 Å².